The van der Waals surface area contributed by atoms with Crippen molar-refractivity contribution in [2.45, 2.75) is 19.8 Å². The zero-order valence-corrected chi connectivity index (χ0v) is 10.6. The second-order valence-corrected chi connectivity index (χ2v) is 4.34. The molecular formula is C13H15ClO3. The van der Waals surface area contributed by atoms with Gasteiger partial charge in [-0.05, 0) is 31.1 Å². The van der Waals surface area contributed by atoms with Gasteiger partial charge in [0.15, 0.2) is 0 Å². The van der Waals surface area contributed by atoms with Gasteiger partial charge in [-0.25, -0.2) is 0 Å². The fourth-order valence-corrected chi connectivity index (χ4v) is 1.65. The van der Waals surface area contributed by atoms with Crippen molar-refractivity contribution in [3.8, 4) is 5.75 Å². The molecule has 4 heteroatoms. The Hall–Kier alpha value is -1.48. The van der Waals surface area contributed by atoms with Crippen LogP contribution in [0, 0.1) is 0 Å². The summed E-state index contributed by atoms with van der Waals surface area (Å²) < 4.78 is 5.44. The van der Waals surface area contributed by atoms with Gasteiger partial charge >= 0.3 is 5.97 Å². The van der Waals surface area contributed by atoms with Crippen molar-refractivity contribution < 1.29 is 14.6 Å². The molecule has 17 heavy (non-hydrogen) atoms. The molecule has 1 aromatic rings. The van der Waals surface area contributed by atoms with E-state index in [1.807, 2.05) is 6.92 Å². The maximum atomic E-state index is 10.9. The predicted octanol–water partition coefficient (Wildman–Crippen LogP) is 3.48. The quantitative estimate of drug-likeness (QED) is 0.819. The number of carbonyl (C=O) groups is 1. The average molecular weight is 255 g/mol. The van der Waals surface area contributed by atoms with E-state index in [0.29, 0.717) is 22.9 Å². The molecule has 1 unspecified atom stereocenters. The van der Waals surface area contributed by atoms with Crippen LogP contribution in [0.1, 0.15) is 25.3 Å². The molecule has 0 saturated carbocycles. The van der Waals surface area contributed by atoms with E-state index in [4.69, 9.17) is 21.4 Å². The molecule has 0 amide bonds. The van der Waals surface area contributed by atoms with Crippen LogP contribution in [0.2, 0.25) is 5.02 Å². The van der Waals surface area contributed by atoms with Crippen LogP contribution in [0.5, 0.6) is 5.75 Å². The second kappa shape index (κ2) is 5.73. The summed E-state index contributed by atoms with van der Waals surface area (Å²) in [7, 11) is 0. The maximum absolute atomic E-state index is 10.9. The molecule has 0 aliphatic heterocycles. The fraction of sp³-hybridized carbons (Fsp3) is 0.308. The van der Waals surface area contributed by atoms with E-state index in [2.05, 4.69) is 6.58 Å². The molecular weight excluding hydrogens is 240 g/mol. The molecule has 1 N–H and O–H groups in total. The average Bonchev–Trinajstić information content (AvgIpc) is 2.26. The summed E-state index contributed by atoms with van der Waals surface area (Å²) in [6.45, 7) is 7.52. The van der Waals surface area contributed by atoms with Crippen LogP contribution in [0.15, 0.2) is 30.4 Å². The molecule has 0 spiro atoms. The van der Waals surface area contributed by atoms with E-state index < -0.39 is 11.9 Å². The van der Waals surface area contributed by atoms with Crippen LogP contribution in [-0.4, -0.2) is 17.7 Å². The second-order valence-electron chi connectivity index (χ2n) is 3.97. The Morgan fingerprint density at radius 3 is 2.76 bits per heavy atom. The molecule has 0 radical (unpaired) electrons. The van der Waals surface area contributed by atoms with Crippen LogP contribution in [0.4, 0.5) is 0 Å². The van der Waals surface area contributed by atoms with Gasteiger partial charge < -0.3 is 9.84 Å². The van der Waals surface area contributed by atoms with E-state index in [0.717, 1.165) is 5.57 Å². The molecule has 0 aliphatic carbocycles. The summed E-state index contributed by atoms with van der Waals surface area (Å²) in [4.78, 5) is 10.9. The molecule has 3 nitrogen and oxygen atoms in total. The summed E-state index contributed by atoms with van der Waals surface area (Å²) in [6, 6.07) is 5.13. The molecule has 0 heterocycles. The van der Waals surface area contributed by atoms with Crippen LogP contribution in [0.25, 0.3) is 0 Å². The van der Waals surface area contributed by atoms with Gasteiger partial charge in [0, 0.05) is 0 Å². The minimum atomic E-state index is -0.913. The summed E-state index contributed by atoms with van der Waals surface area (Å²) in [5.41, 5.74) is 1.43. The first-order valence-corrected chi connectivity index (χ1v) is 5.59. The van der Waals surface area contributed by atoms with Crippen molar-refractivity contribution in [3.05, 3.63) is 40.9 Å². The minimum Gasteiger partial charge on any atom is -0.488 e. The standard InChI is InChI=1S/C13H15ClO3/c1-8(2)7-17-11-6-4-5-10(12(11)14)9(3)13(15)16/h4-6,9H,1,7H2,2-3H3,(H,15,16). The van der Waals surface area contributed by atoms with Crippen molar-refractivity contribution in [3.63, 3.8) is 0 Å². The van der Waals surface area contributed by atoms with Gasteiger partial charge in [-0.3, -0.25) is 4.79 Å². The highest BCUT2D eigenvalue weighted by molar-refractivity contribution is 6.33. The van der Waals surface area contributed by atoms with Crippen molar-refractivity contribution >= 4 is 17.6 Å². The van der Waals surface area contributed by atoms with Gasteiger partial charge in [-0.15, -0.1) is 0 Å². The Bertz CT molecular complexity index is 440. The van der Waals surface area contributed by atoms with Gasteiger partial charge in [-0.1, -0.05) is 30.3 Å². The lowest BCUT2D eigenvalue weighted by molar-refractivity contribution is -0.138. The third-order valence-corrected chi connectivity index (χ3v) is 2.71. The Labute approximate surface area is 106 Å². The van der Waals surface area contributed by atoms with Crippen LogP contribution < -0.4 is 4.74 Å². The number of rotatable bonds is 5. The topological polar surface area (TPSA) is 46.5 Å². The lowest BCUT2D eigenvalue weighted by atomic mass is 10.0. The molecule has 1 aromatic carbocycles. The van der Waals surface area contributed by atoms with Gasteiger partial charge in [-0.2, -0.15) is 0 Å². The Morgan fingerprint density at radius 1 is 1.59 bits per heavy atom. The number of hydrogen-bond acceptors (Lipinski definition) is 2. The minimum absolute atomic E-state index is 0.351. The van der Waals surface area contributed by atoms with Crippen LogP contribution in [-0.2, 0) is 4.79 Å². The molecule has 1 rings (SSSR count). The molecule has 0 fully saturated rings. The lowest BCUT2D eigenvalue weighted by Gasteiger charge is -2.13. The SMILES string of the molecule is C=C(C)COc1cccc(C(C)C(=O)O)c1Cl. The Balaban J connectivity index is 2.98. The predicted molar refractivity (Wildman–Crippen MR) is 67.8 cm³/mol. The largest absolute Gasteiger partial charge is 0.488 e. The van der Waals surface area contributed by atoms with Gasteiger partial charge in [0.25, 0.3) is 0 Å². The van der Waals surface area contributed by atoms with E-state index in [1.54, 1.807) is 25.1 Å². The zero-order chi connectivity index (χ0) is 13.0. The van der Waals surface area contributed by atoms with Crippen LogP contribution >= 0.6 is 11.6 Å². The number of aliphatic carboxylic acids is 1. The highest BCUT2D eigenvalue weighted by Gasteiger charge is 2.18. The number of ether oxygens (including phenoxy) is 1. The van der Waals surface area contributed by atoms with Crippen molar-refractivity contribution in [2.75, 3.05) is 6.61 Å². The molecule has 1 atom stereocenters. The van der Waals surface area contributed by atoms with Crippen LogP contribution in [0.3, 0.4) is 0 Å². The first-order chi connectivity index (χ1) is 7.93. The smallest absolute Gasteiger partial charge is 0.310 e. The molecule has 0 aliphatic rings. The summed E-state index contributed by atoms with van der Waals surface area (Å²) in [5, 5.41) is 9.31. The first-order valence-electron chi connectivity index (χ1n) is 5.22. The third kappa shape index (κ3) is 3.49. The number of carboxylic acid groups (broad SMARTS) is 1. The fourth-order valence-electron chi connectivity index (χ4n) is 1.31. The van der Waals surface area contributed by atoms with E-state index >= 15 is 0 Å². The van der Waals surface area contributed by atoms with Gasteiger partial charge in [0.1, 0.15) is 12.4 Å². The maximum Gasteiger partial charge on any atom is 0.310 e. The Morgan fingerprint density at radius 2 is 2.24 bits per heavy atom. The number of hydrogen-bond donors (Lipinski definition) is 1. The van der Waals surface area contributed by atoms with Gasteiger partial charge in [0.2, 0.25) is 0 Å². The first kappa shape index (κ1) is 13.6. The Kier molecular flexibility index (Phi) is 4.58. The number of carboxylic acids is 1. The van der Waals surface area contributed by atoms with Crippen molar-refractivity contribution in [1.82, 2.24) is 0 Å². The van der Waals surface area contributed by atoms with E-state index in [1.165, 1.54) is 0 Å². The molecule has 92 valence electrons. The summed E-state index contributed by atoms with van der Waals surface area (Å²) in [5.74, 6) is -1.08. The molecule has 0 saturated heterocycles. The highest BCUT2D eigenvalue weighted by atomic mass is 35.5. The van der Waals surface area contributed by atoms with Gasteiger partial charge in [0.05, 0.1) is 10.9 Å². The monoisotopic (exact) mass is 254 g/mol. The normalized spacial score (nSPS) is 11.9. The van der Waals surface area contributed by atoms with Crippen molar-refractivity contribution in [2.24, 2.45) is 0 Å². The zero-order valence-electron chi connectivity index (χ0n) is 9.87. The summed E-state index contributed by atoms with van der Waals surface area (Å²) >= 11 is 6.11. The molecule has 0 aromatic heterocycles. The lowest BCUT2D eigenvalue weighted by Crippen LogP contribution is -2.08. The number of benzene rings is 1. The number of halogens is 1. The molecule has 0 bridgehead atoms. The van der Waals surface area contributed by atoms with E-state index in [-0.39, 0.29) is 0 Å². The van der Waals surface area contributed by atoms with E-state index in [9.17, 15) is 4.79 Å². The van der Waals surface area contributed by atoms with Crippen molar-refractivity contribution in [1.29, 1.82) is 0 Å². The summed E-state index contributed by atoms with van der Waals surface area (Å²) in [6.07, 6.45) is 0. The highest BCUT2D eigenvalue weighted by Crippen LogP contribution is 2.33. The third-order valence-electron chi connectivity index (χ3n) is 2.30.